The molecule has 0 atom stereocenters. The number of aromatic nitrogens is 2. The summed E-state index contributed by atoms with van der Waals surface area (Å²) in [4.78, 5) is 26.8. The van der Waals surface area contributed by atoms with E-state index in [4.69, 9.17) is 11.6 Å². The van der Waals surface area contributed by atoms with Crippen LogP contribution in [-0.4, -0.2) is 46.1 Å². The van der Waals surface area contributed by atoms with Gasteiger partial charge < -0.3 is 10.2 Å². The molecule has 7 heteroatoms. The van der Waals surface area contributed by atoms with Crippen LogP contribution < -0.4 is 5.32 Å². The van der Waals surface area contributed by atoms with Crippen molar-refractivity contribution in [2.24, 2.45) is 0 Å². The molecule has 0 unspecified atom stereocenters. The Morgan fingerprint density at radius 2 is 1.64 bits per heavy atom. The fourth-order valence-corrected chi connectivity index (χ4v) is 4.20. The van der Waals surface area contributed by atoms with Crippen LogP contribution in [0.15, 0.2) is 85.1 Å². The van der Waals surface area contributed by atoms with E-state index in [-0.39, 0.29) is 18.4 Å². The Morgan fingerprint density at radius 1 is 0.909 bits per heavy atom. The molecule has 33 heavy (non-hydrogen) atoms. The third-order valence-corrected chi connectivity index (χ3v) is 5.88. The van der Waals surface area contributed by atoms with Crippen molar-refractivity contribution in [2.75, 3.05) is 19.6 Å². The Morgan fingerprint density at radius 3 is 2.36 bits per heavy atom. The molecule has 0 aliphatic carbocycles. The SMILES string of the molecule is O=C1CN(C(=O)c2cnn(-c3cccc(Cl)c3)c2-c2ccc(-c3ccccc3)cc2)CCN1. The van der Waals surface area contributed by atoms with Gasteiger partial charge in [-0.3, -0.25) is 9.59 Å². The number of carbonyl (C=O) groups is 2. The molecule has 0 radical (unpaired) electrons. The Kier molecular flexibility index (Phi) is 5.67. The predicted molar refractivity (Wildman–Crippen MR) is 128 cm³/mol. The molecule has 2 amide bonds. The van der Waals surface area contributed by atoms with Crippen molar-refractivity contribution in [1.82, 2.24) is 20.0 Å². The third kappa shape index (κ3) is 4.25. The largest absolute Gasteiger partial charge is 0.353 e. The summed E-state index contributed by atoms with van der Waals surface area (Å²) in [6, 6.07) is 25.5. The highest BCUT2D eigenvalue weighted by Gasteiger charge is 2.27. The normalized spacial score (nSPS) is 13.6. The van der Waals surface area contributed by atoms with E-state index in [0.717, 1.165) is 22.4 Å². The quantitative estimate of drug-likeness (QED) is 0.494. The average molecular weight is 457 g/mol. The predicted octanol–water partition coefficient (Wildman–Crippen LogP) is 4.43. The van der Waals surface area contributed by atoms with Gasteiger partial charge in [0.15, 0.2) is 0 Å². The summed E-state index contributed by atoms with van der Waals surface area (Å²) in [5.74, 6) is -0.383. The van der Waals surface area contributed by atoms with Gasteiger partial charge in [0.05, 0.1) is 29.7 Å². The lowest BCUT2D eigenvalue weighted by atomic mass is 10.0. The number of rotatable bonds is 4. The zero-order valence-corrected chi connectivity index (χ0v) is 18.5. The van der Waals surface area contributed by atoms with Crippen molar-refractivity contribution in [3.05, 3.63) is 95.6 Å². The molecule has 1 N–H and O–H groups in total. The smallest absolute Gasteiger partial charge is 0.258 e. The van der Waals surface area contributed by atoms with Crippen molar-refractivity contribution in [3.63, 3.8) is 0 Å². The monoisotopic (exact) mass is 456 g/mol. The van der Waals surface area contributed by atoms with Crippen LogP contribution in [0.4, 0.5) is 0 Å². The number of hydrogen-bond donors (Lipinski definition) is 1. The number of halogens is 1. The summed E-state index contributed by atoms with van der Waals surface area (Å²) < 4.78 is 1.72. The number of nitrogens with one attached hydrogen (secondary N) is 1. The van der Waals surface area contributed by atoms with Crippen LogP contribution >= 0.6 is 11.6 Å². The van der Waals surface area contributed by atoms with E-state index in [2.05, 4.69) is 22.5 Å². The molecule has 0 bridgehead atoms. The molecular weight excluding hydrogens is 436 g/mol. The van der Waals surface area contributed by atoms with Crippen LogP contribution in [-0.2, 0) is 4.79 Å². The molecule has 1 aromatic heterocycles. The van der Waals surface area contributed by atoms with Crippen LogP contribution in [0.5, 0.6) is 0 Å². The maximum atomic E-state index is 13.4. The molecule has 1 aliphatic rings. The summed E-state index contributed by atoms with van der Waals surface area (Å²) in [5.41, 5.74) is 4.89. The second-order valence-electron chi connectivity index (χ2n) is 7.82. The van der Waals surface area contributed by atoms with Crippen LogP contribution in [0.3, 0.4) is 0 Å². The lowest BCUT2D eigenvalue weighted by Crippen LogP contribution is -2.50. The Balaban J connectivity index is 1.60. The highest BCUT2D eigenvalue weighted by molar-refractivity contribution is 6.30. The summed E-state index contributed by atoms with van der Waals surface area (Å²) >= 11 is 6.23. The van der Waals surface area contributed by atoms with Gasteiger partial charge in [-0.2, -0.15) is 5.10 Å². The Labute approximate surface area is 196 Å². The number of hydrogen-bond acceptors (Lipinski definition) is 3. The van der Waals surface area contributed by atoms with Gasteiger partial charge in [0, 0.05) is 23.7 Å². The zero-order chi connectivity index (χ0) is 22.8. The molecule has 0 spiro atoms. The summed E-state index contributed by atoms with van der Waals surface area (Å²) in [5, 5.41) is 7.86. The number of benzene rings is 3. The molecule has 0 saturated carbocycles. The van der Waals surface area contributed by atoms with Gasteiger partial charge in [-0.15, -0.1) is 0 Å². The van der Waals surface area contributed by atoms with Crippen LogP contribution in [0.2, 0.25) is 5.02 Å². The first-order valence-corrected chi connectivity index (χ1v) is 11.0. The minimum Gasteiger partial charge on any atom is -0.353 e. The van der Waals surface area contributed by atoms with Gasteiger partial charge in [-0.25, -0.2) is 4.68 Å². The third-order valence-electron chi connectivity index (χ3n) is 5.64. The standard InChI is InChI=1S/C26H21ClN4O2/c27-21-7-4-8-22(15-21)31-25(20-11-9-19(10-12-20)18-5-2-1-3-6-18)23(16-29-31)26(33)30-14-13-28-24(32)17-30/h1-12,15-16H,13-14,17H2,(H,28,32). The molecular formula is C26H21ClN4O2. The number of piperazine rings is 1. The van der Waals surface area contributed by atoms with Gasteiger partial charge in [0.1, 0.15) is 0 Å². The highest BCUT2D eigenvalue weighted by Crippen LogP contribution is 2.31. The fourth-order valence-electron chi connectivity index (χ4n) is 4.02. The summed E-state index contributed by atoms with van der Waals surface area (Å²) in [6.45, 7) is 0.932. The Hall–Kier alpha value is -3.90. The van der Waals surface area contributed by atoms with E-state index in [1.54, 1.807) is 27.9 Å². The first-order chi connectivity index (χ1) is 16.1. The minimum atomic E-state index is -0.222. The molecule has 3 aromatic carbocycles. The first kappa shape index (κ1) is 21.0. The first-order valence-electron chi connectivity index (χ1n) is 10.7. The van der Waals surface area contributed by atoms with Crippen molar-refractivity contribution in [1.29, 1.82) is 0 Å². The molecule has 1 fully saturated rings. The van der Waals surface area contributed by atoms with Gasteiger partial charge in [0.2, 0.25) is 5.91 Å². The molecule has 5 rings (SSSR count). The summed E-state index contributed by atoms with van der Waals surface area (Å²) in [6.07, 6.45) is 1.57. The fraction of sp³-hybridized carbons (Fsp3) is 0.115. The lowest BCUT2D eigenvalue weighted by molar-refractivity contribution is -0.123. The minimum absolute atomic E-state index is 0.0353. The van der Waals surface area contributed by atoms with Gasteiger partial charge in [0.25, 0.3) is 5.91 Å². The Bertz CT molecular complexity index is 1320. The van der Waals surface area contributed by atoms with E-state index in [1.165, 1.54) is 0 Å². The molecule has 1 saturated heterocycles. The molecule has 2 heterocycles. The topological polar surface area (TPSA) is 67.2 Å². The van der Waals surface area contributed by atoms with Crippen LogP contribution in [0.1, 0.15) is 10.4 Å². The van der Waals surface area contributed by atoms with Gasteiger partial charge in [-0.1, -0.05) is 72.3 Å². The van der Waals surface area contributed by atoms with Crippen molar-refractivity contribution < 1.29 is 9.59 Å². The summed E-state index contributed by atoms with van der Waals surface area (Å²) in [7, 11) is 0. The number of carbonyl (C=O) groups excluding carboxylic acids is 2. The molecule has 1 aliphatic heterocycles. The van der Waals surface area contributed by atoms with Crippen molar-refractivity contribution in [2.45, 2.75) is 0 Å². The maximum absolute atomic E-state index is 13.4. The van der Waals surface area contributed by atoms with Crippen molar-refractivity contribution >= 4 is 23.4 Å². The molecule has 4 aromatic rings. The lowest BCUT2D eigenvalue weighted by Gasteiger charge is -2.26. The molecule has 164 valence electrons. The second-order valence-corrected chi connectivity index (χ2v) is 8.25. The van der Waals surface area contributed by atoms with E-state index < -0.39 is 0 Å². The van der Waals surface area contributed by atoms with E-state index in [9.17, 15) is 9.59 Å². The van der Waals surface area contributed by atoms with E-state index in [0.29, 0.717) is 29.4 Å². The van der Waals surface area contributed by atoms with E-state index in [1.807, 2.05) is 54.6 Å². The van der Waals surface area contributed by atoms with Gasteiger partial charge in [-0.05, 0) is 29.3 Å². The maximum Gasteiger partial charge on any atom is 0.258 e. The molecule has 6 nitrogen and oxygen atoms in total. The second kappa shape index (κ2) is 8.92. The van der Waals surface area contributed by atoms with Crippen LogP contribution in [0, 0.1) is 0 Å². The number of nitrogens with zero attached hydrogens (tertiary/aromatic N) is 3. The van der Waals surface area contributed by atoms with E-state index >= 15 is 0 Å². The average Bonchev–Trinajstić information content (AvgIpc) is 3.29. The van der Waals surface area contributed by atoms with Crippen molar-refractivity contribution in [3.8, 4) is 28.1 Å². The zero-order valence-electron chi connectivity index (χ0n) is 17.7. The number of amides is 2. The van der Waals surface area contributed by atoms with Gasteiger partial charge >= 0.3 is 0 Å². The highest BCUT2D eigenvalue weighted by atomic mass is 35.5. The van der Waals surface area contributed by atoms with Crippen LogP contribution in [0.25, 0.3) is 28.1 Å².